The van der Waals surface area contributed by atoms with Gasteiger partial charge in [-0.05, 0) is 12.8 Å². The van der Waals surface area contributed by atoms with E-state index in [1.807, 2.05) is 0 Å². The summed E-state index contributed by atoms with van der Waals surface area (Å²) in [4.78, 5) is 4.25. The summed E-state index contributed by atoms with van der Waals surface area (Å²) in [6, 6.07) is 0. The lowest BCUT2D eigenvalue weighted by molar-refractivity contribution is 0.0718. The molecule has 1 saturated heterocycles. The Balaban J connectivity index is 1.85. The Kier molecular flexibility index (Phi) is 4.00. The van der Waals surface area contributed by atoms with Crippen LogP contribution in [0.2, 0.25) is 0 Å². The van der Waals surface area contributed by atoms with Gasteiger partial charge in [0.05, 0.1) is 18.8 Å². The van der Waals surface area contributed by atoms with Crippen molar-refractivity contribution in [3.8, 4) is 0 Å². The first-order valence-electron chi connectivity index (χ1n) is 7.19. The summed E-state index contributed by atoms with van der Waals surface area (Å²) in [7, 11) is -3.58. The Bertz CT molecular complexity index is 588. The van der Waals surface area contributed by atoms with Gasteiger partial charge in [0, 0.05) is 20.0 Å². The van der Waals surface area contributed by atoms with Gasteiger partial charge in [0.15, 0.2) is 5.82 Å². The minimum Gasteiger partial charge on any atom is -0.379 e. The van der Waals surface area contributed by atoms with Crippen molar-refractivity contribution in [2.24, 2.45) is 0 Å². The van der Waals surface area contributed by atoms with Crippen LogP contribution in [0.15, 0.2) is 4.52 Å². The second-order valence-electron chi connectivity index (χ2n) is 5.54. The Morgan fingerprint density at radius 2 is 1.90 bits per heavy atom. The molecule has 2 heterocycles. The Labute approximate surface area is 124 Å². The van der Waals surface area contributed by atoms with Crippen LogP contribution in [-0.2, 0) is 20.5 Å². The van der Waals surface area contributed by atoms with Gasteiger partial charge in [0.25, 0.3) is 10.2 Å². The molecule has 0 unspecified atom stereocenters. The predicted octanol–water partition coefficient (Wildman–Crippen LogP) is 0.314. The highest BCUT2D eigenvalue weighted by atomic mass is 32.2. The fraction of sp³-hybridized carbons (Fsp3) is 0.833. The maximum absolute atomic E-state index is 12.6. The maximum Gasteiger partial charge on any atom is 0.280 e. The van der Waals surface area contributed by atoms with E-state index in [1.165, 1.54) is 4.31 Å². The van der Waals surface area contributed by atoms with Gasteiger partial charge in [-0.2, -0.15) is 22.4 Å². The lowest BCUT2D eigenvalue weighted by Crippen LogP contribution is -2.53. The van der Waals surface area contributed by atoms with Crippen LogP contribution >= 0.6 is 0 Å². The van der Waals surface area contributed by atoms with Gasteiger partial charge in [-0.1, -0.05) is 18.0 Å². The van der Waals surface area contributed by atoms with Crippen molar-refractivity contribution in [1.29, 1.82) is 0 Å². The molecular formula is C12H20N4O4S. The Morgan fingerprint density at radius 1 is 1.24 bits per heavy atom. The Morgan fingerprint density at radius 3 is 2.48 bits per heavy atom. The number of aryl methyl sites for hydroxylation is 1. The zero-order valence-corrected chi connectivity index (χ0v) is 12.9. The monoisotopic (exact) mass is 316 g/mol. The van der Waals surface area contributed by atoms with Crippen molar-refractivity contribution in [2.45, 2.75) is 38.1 Å². The molecule has 0 radical (unpaired) electrons. The molecule has 0 spiro atoms. The van der Waals surface area contributed by atoms with E-state index in [-0.39, 0.29) is 0 Å². The van der Waals surface area contributed by atoms with E-state index in [9.17, 15) is 8.42 Å². The number of hydrogen-bond acceptors (Lipinski definition) is 6. The molecule has 1 aromatic rings. The third kappa shape index (κ3) is 2.96. The van der Waals surface area contributed by atoms with E-state index in [2.05, 4.69) is 14.9 Å². The quantitative estimate of drug-likeness (QED) is 0.859. The lowest BCUT2D eigenvalue weighted by Gasteiger charge is -2.32. The van der Waals surface area contributed by atoms with Crippen molar-refractivity contribution in [2.75, 3.05) is 26.3 Å². The predicted molar refractivity (Wildman–Crippen MR) is 73.6 cm³/mol. The normalized spacial score (nSPS) is 23.5. The third-order valence-electron chi connectivity index (χ3n) is 4.05. The summed E-state index contributed by atoms with van der Waals surface area (Å²) >= 11 is 0. The van der Waals surface area contributed by atoms with Gasteiger partial charge in [-0.25, -0.2) is 0 Å². The summed E-state index contributed by atoms with van der Waals surface area (Å²) in [5.41, 5.74) is -0.741. The summed E-state index contributed by atoms with van der Waals surface area (Å²) in [6.07, 6.45) is 3.27. The number of nitrogens with one attached hydrogen (secondary N) is 1. The average molecular weight is 316 g/mol. The van der Waals surface area contributed by atoms with Crippen molar-refractivity contribution >= 4 is 10.2 Å². The van der Waals surface area contributed by atoms with Crippen LogP contribution in [0.1, 0.15) is 37.4 Å². The highest BCUT2D eigenvalue weighted by Crippen LogP contribution is 2.38. The summed E-state index contributed by atoms with van der Waals surface area (Å²) in [5.74, 6) is 0.885. The second kappa shape index (κ2) is 5.64. The highest BCUT2D eigenvalue weighted by molar-refractivity contribution is 7.87. The van der Waals surface area contributed by atoms with Crippen molar-refractivity contribution in [3.05, 3.63) is 11.7 Å². The molecule has 0 atom stereocenters. The third-order valence-corrected chi connectivity index (χ3v) is 5.74. The molecule has 2 fully saturated rings. The topological polar surface area (TPSA) is 97.6 Å². The second-order valence-corrected chi connectivity index (χ2v) is 7.22. The van der Waals surface area contributed by atoms with Crippen LogP contribution in [0.5, 0.6) is 0 Å². The lowest BCUT2D eigenvalue weighted by atomic mass is 9.99. The van der Waals surface area contributed by atoms with E-state index >= 15 is 0 Å². The van der Waals surface area contributed by atoms with Crippen molar-refractivity contribution in [1.82, 2.24) is 19.2 Å². The average Bonchev–Trinajstić information content (AvgIpc) is 3.09. The number of nitrogens with zero attached hydrogens (tertiary/aromatic N) is 3. The molecule has 1 aliphatic heterocycles. The van der Waals surface area contributed by atoms with Gasteiger partial charge >= 0.3 is 0 Å². The zero-order valence-electron chi connectivity index (χ0n) is 12.0. The van der Waals surface area contributed by atoms with Crippen molar-refractivity contribution < 1.29 is 17.7 Å². The first kappa shape index (κ1) is 14.9. The highest BCUT2D eigenvalue weighted by Gasteiger charge is 2.44. The van der Waals surface area contributed by atoms with Gasteiger partial charge in [-0.15, -0.1) is 0 Å². The van der Waals surface area contributed by atoms with E-state index in [0.717, 1.165) is 12.8 Å². The molecular weight excluding hydrogens is 296 g/mol. The number of morpholine rings is 1. The molecule has 8 nitrogen and oxygen atoms in total. The fourth-order valence-corrected chi connectivity index (χ4v) is 4.49. The smallest absolute Gasteiger partial charge is 0.280 e. The molecule has 1 aromatic heterocycles. The molecule has 118 valence electrons. The van der Waals surface area contributed by atoms with E-state index < -0.39 is 15.7 Å². The van der Waals surface area contributed by atoms with Gasteiger partial charge in [-0.3, -0.25) is 0 Å². The molecule has 0 amide bonds. The first-order chi connectivity index (χ1) is 10.0. The summed E-state index contributed by atoms with van der Waals surface area (Å²) < 4.78 is 39.7. The Hall–Kier alpha value is -1.03. The molecule has 2 aliphatic rings. The van der Waals surface area contributed by atoms with Gasteiger partial charge in [0.2, 0.25) is 5.89 Å². The minimum absolute atomic E-state index is 0.372. The molecule has 9 heteroatoms. The van der Waals surface area contributed by atoms with Crippen LogP contribution in [-0.4, -0.2) is 49.2 Å². The molecule has 1 aliphatic carbocycles. The molecule has 1 saturated carbocycles. The standard InChI is InChI=1S/C12H20N4O4S/c1-10-13-11(14-20-10)12(4-2-3-5-12)15-21(17,18)16-6-8-19-9-7-16/h15H,2-9H2,1H3. The largest absolute Gasteiger partial charge is 0.379 e. The van der Waals surface area contributed by atoms with Crippen LogP contribution in [0, 0.1) is 6.92 Å². The number of aromatic nitrogens is 2. The maximum atomic E-state index is 12.6. The molecule has 0 bridgehead atoms. The van der Waals surface area contributed by atoms with Crippen LogP contribution < -0.4 is 4.72 Å². The van der Waals surface area contributed by atoms with Crippen LogP contribution in [0.3, 0.4) is 0 Å². The van der Waals surface area contributed by atoms with Crippen molar-refractivity contribution in [3.63, 3.8) is 0 Å². The zero-order chi connectivity index (χ0) is 14.9. The van der Waals surface area contributed by atoms with Gasteiger partial charge in [0.1, 0.15) is 0 Å². The summed E-state index contributed by atoms with van der Waals surface area (Å²) in [6.45, 7) is 3.30. The molecule has 3 rings (SSSR count). The number of hydrogen-bond donors (Lipinski definition) is 1. The molecule has 0 aromatic carbocycles. The van der Waals surface area contributed by atoms with E-state index in [4.69, 9.17) is 9.26 Å². The van der Waals surface area contributed by atoms with Gasteiger partial charge < -0.3 is 9.26 Å². The molecule has 21 heavy (non-hydrogen) atoms. The molecule has 1 N–H and O–H groups in total. The summed E-state index contributed by atoms with van der Waals surface area (Å²) in [5, 5.41) is 3.94. The van der Waals surface area contributed by atoms with E-state index in [0.29, 0.717) is 50.9 Å². The number of rotatable bonds is 4. The van der Waals surface area contributed by atoms with Crippen LogP contribution in [0.4, 0.5) is 0 Å². The number of ether oxygens (including phenoxy) is 1. The van der Waals surface area contributed by atoms with Crippen LogP contribution in [0.25, 0.3) is 0 Å². The fourth-order valence-electron chi connectivity index (χ4n) is 2.94. The van der Waals surface area contributed by atoms with E-state index in [1.54, 1.807) is 6.92 Å². The SMILES string of the molecule is Cc1nc(C2(NS(=O)(=O)N3CCOCC3)CCCC2)no1. The first-order valence-corrected chi connectivity index (χ1v) is 8.63. The minimum atomic E-state index is -3.58.